The molecule has 124 valence electrons. The number of hydrogen-bond acceptors (Lipinski definition) is 3. The quantitative estimate of drug-likeness (QED) is 0.517. The van der Waals surface area contributed by atoms with E-state index < -0.39 is 9.84 Å². The van der Waals surface area contributed by atoms with Gasteiger partial charge in [0.1, 0.15) is 17.2 Å². The highest BCUT2D eigenvalue weighted by Crippen LogP contribution is 2.31. The minimum Gasteiger partial charge on any atom is -0.456 e. The molecule has 0 unspecified atom stereocenters. The van der Waals surface area contributed by atoms with E-state index in [2.05, 4.69) is 0 Å². The summed E-state index contributed by atoms with van der Waals surface area (Å²) in [4.78, 5) is 0.453. The maximum Gasteiger partial charge on any atom is 0.206 e. The van der Waals surface area contributed by atoms with E-state index in [-0.39, 0.29) is 15.6 Å². The molecule has 0 saturated carbocycles. The van der Waals surface area contributed by atoms with E-state index in [4.69, 9.17) is 4.42 Å². The highest BCUT2D eigenvalue weighted by Gasteiger charge is 2.18. The van der Waals surface area contributed by atoms with Gasteiger partial charge in [-0.2, -0.15) is 0 Å². The Kier molecular flexibility index (Phi) is 3.66. The Hall–Kier alpha value is -2.92. The lowest BCUT2D eigenvalue weighted by molar-refractivity contribution is 0.596. The number of benzene rings is 3. The first-order valence-electron chi connectivity index (χ1n) is 7.64. The fourth-order valence-corrected chi connectivity index (χ4v) is 4.00. The third-order valence-electron chi connectivity index (χ3n) is 3.98. The molecule has 4 rings (SSSR count). The van der Waals surface area contributed by atoms with Crippen molar-refractivity contribution in [2.24, 2.45) is 0 Å². The summed E-state index contributed by atoms with van der Waals surface area (Å²) in [5, 5.41) is 0.677. The van der Waals surface area contributed by atoms with Crippen LogP contribution < -0.4 is 0 Å². The van der Waals surface area contributed by atoms with Crippen LogP contribution in [0.1, 0.15) is 0 Å². The molecule has 1 aromatic heterocycles. The number of rotatable bonds is 3. The molecular weight excluding hydrogens is 339 g/mol. The molecule has 0 amide bonds. The van der Waals surface area contributed by atoms with Crippen molar-refractivity contribution < 1.29 is 17.2 Å². The number of hydrogen-bond donors (Lipinski definition) is 0. The first-order valence-corrected chi connectivity index (χ1v) is 9.12. The molecule has 0 saturated heterocycles. The van der Waals surface area contributed by atoms with Crippen LogP contribution in [0.3, 0.4) is 0 Å². The molecule has 25 heavy (non-hydrogen) atoms. The standard InChI is InChI=1S/C20H13FO3S/c21-16-8-6-14(7-9-16)20-13-15-12-18(10-11-19(15)24-20)25(22,23)17-4-2-1-3-5-17/h1-13H. The minimum atomic E-state index is -3.58. The van der Waals surface area contributed by atoms with Gasteiger partial charge in [-0.15, -0.1) is 0 Å². The van der Waals surface area contributed by atoms with E-state index in [1.54, 1.807) is 60.7 Å². The number of sulfone groups is 1. The van der Waals surface area contributed by atoms with E-state index in [1.165, 1.54) is 18.2 Å². The van der Waals surface area contributed by atoms with Gasteiger partial charge in [0.25, 0.3) is 0 Å². The fourth-order valence-electron chi connectivity index (χ4n) is 2.68. The van der Waals surface area contributed by atoms with Crippen LogP contribution in [0.2, 0.25) is 0 Å². The number of fused-ring (bicyclic) bond motifs is 1. The molecule has 4 aromatic rings. The summed E-state index contributed by atoms with van der Waals surface area (Å²) in [5.41, 5.74) is 1.30. The van der Waals surface area contributed by atoms with Gasteiger partial charge in [0, 0.05) is 10.9 Å². The Balaban J connectivity index is 1.80. The first-order chi connectivity index (χ1) is 12.0. The average Bonchev–Trinajstić information content (AvgIpc) is 3.06. The molecule has 3 aromatic carbocycles. The van der Waals surface area contributed by atoms with Crippen LogP contribution in [0.25, 0.3) is 22.3 Å². The average molecular weight is 352 g/mol. The molecule has 0 spiro atoms. The molecule has 0 N–H and O–H groups in total. The summed E-state index contributed by atoms with van der Waals surface area (Å²) in [7, 11) is -3.58. The third kappa shape index (κ3) is 2.83. The lowest BCUT2D eigenvalue weighted by atomic mass is 10.1. The van der Waals surface area contributed by atoms with Crippen LogP contribution in [0.15, 0.2) is 93.1 Å². The van der Waals surface area contributed by atoms with Gasteiger partial charge in [-0.05, 0) is 60.7 Å². The predicted octanol–water partition coefficient (Wildman–Crippen LogP) is 5.07. The molecule has 0 fully saturated rings. The summed E-state index contributed by atoms with van der Waals surface area (Å²) in [5.74, 6) is 0.236. The van der Waals surface area contributed by atoms with Crippen LogP contribution in [-0.2, 0) is 9.84 Å². The van der Waals surface area contributed by atoms with Gasteiger partial charge in [0.15, 0.2) is 0 Å². The second-order valence-electron chi connectivity index (χ2n) is 5.63. The van der Waals surface area contributed by atoms with Crippen molar-refractivity contribution in [1.82, 2.24) is 0 Å². The Labute approximate surface area is 144 Å². The summed E-state index contributed by atoms with van der Waals surface area (Å²) in [6, 6.07) is 20.8. The van der Waals surface area contributed by atoms with Gasteiger partial charge < -0.3 is 4.42 Å². The van der Waals surface area contributed by atoms with Gasteiger partial charge >= 0.3 is 0 Å². The third-order valence-corrected chi connectivity index (χ3v) is 5.75. The summed E-state index contributed by atoms with van der Waals surface area (Å²) in [6.45, 7) is 0. The van der Waals surface area contributed by atoms with Crippen molar-refractivity contribution in [1.29, 1.82) is 0 Å². The van der Waals surface area contributed by atoms with E-state index in [1.807, 2.05) is 0 Å². The lowest BCUT2D eigenvalue weighted by Crippen LogP contribution is -2.01. The Bertz CT molecular complexity index is 1140. The summed E-state index contributed by atoms with van der Waals surface area (Å²) >= 11 is 0. The van der Waals surface area contributed by atoms with Crippen LogP contribution in [0, 0.1) is 5.82 Å². The second kappa shape index (κ2) is 5.86. The molecule has 0 aliphatic heterocycles. The van der Waals surface area contributed by atoms with Crippen molar-refractivity contribution >= 4 is 20.8 Å². The van der Waals surface area contributed by atoms with Crippen LogP contribution in [-0.4, -0.2) is 8.42 Å². The second-order valence-corrected chi connectivity index (χ2v) is 7.58. The monoisotopic (exact) mass is 352 g/mol. The minimum absolute atomic E-state index is 0.206. The molecule has 0 radical (unpaired) electrons. The van der Waals surface area contributed by atoms with Crippen molar-refractivity contribution in [2.75, 3.05) is 0 Å². The highest BCUT2D eigenvalue weighted by molar-refractivity contribution is 7.91. The van der Waals surface area contributed by atoms with E-state index >= 15 is 0 Å². The summed E-state index contributed by atoms with van der Waals surface area (Å²) in [6.07, 6.45) is 0. The van der Waals surface area contributed by atoms with Gasteiger partial charge in [0.2, 0.25) is 9.84 Å². The van der Waals surface area contributed by atoms with Crippen LogP contribution >= 0.6 is 0 Å². The first kappa shape index (κ1) is 15.6. The zero-order valence-electron chi connectivity index (χ0n) is 13.0. The lowest BCUT2D eigenvalue weighted by Gasteiger charge is -2.04. The molecular formula is C20H13FO3S. The van der Waals surface area contributed by atoms with Gasteiger partial charge in [0.05, 0.1) is 9.79 Å². The molecule has 0 atom stereocenters. The van der Waals surface area contributed by atoms with Crippen molar-refractivity contribution in [2.45, 2.75) is 9.79 Å². The van der Waals surface area contributed by atoms with Gasteiger partial charge in [-0.3, -0.25) is 0 Å². The van der Waals surface area contributed by atoms with Crippen LogP contribution in [0.4, 0.5) is 4.39 Å². The van der Waals surface area contributed by atoms with Crippen molar-refractivity contribution in [3.8, 4) is 11.3 Å². The maximum atomic E-state index is 13.1. The zero-order chi connectivity index (χ0) is 17.4. The molecule has 1 heterocycles. The maximum absolute atomic E-state index is 13.1. The fraction of sp³-hybridized carbons (Fsp3) is 0. The molecule has 0 aliphatic carbocycles. The molecule has 0 aliphatic rings. The molecule has 0 bridgehead atoms. The Morgan fingerprint density at radius 1 is 0.760 bits per heavy atom. The number of halogens is 1. The number of furan rings is 1. The largest absolute Gasteiger partial charge is 0.456 e. The SMILES string of the molecule is O=S(=O)(c1ccccc1)c1ccc2oc(-c3ccc(F)cc3)cc2c1. The van der Waals surface area contributed by atoms with Gasteiger partial charge in [-0.1, -0.05) is 18.2 Å². The topological polar surface area (TPSA) is 47.3 Å². The Morgan fingerprint density at radius 3 is 2.20 bits per heavy atom. The van der Waals surface area contributed by atoms with E-state index in [0.717, 1.165) is 5.56 Å². The van der Waals surface area contributed by atoms with Crippen molar-refractivity contribution in [3.05, 3.63) is 84.7 Å². The normalized spacial score (nSPS) is 11.7. The zero-order valence-corrected chi connectivity index (χ0v) is 13.8. The van der Waals surface area contributed by atoms with E-state index in [9.17, 15) is 12.8 Å². The molecule has 5 heteroatoms. The Morgan fingerprint density at radius 2 is 1.48 bits per heavy atom. The van der Waals surface area contributed by atoms with Crippen molar-refractivity contribution in [3.63, 3.8) is 0 Å². The smallest absolute Gasteiger partial charge is 0.206 e. The highest BCUT2D eigenvalue weighted by atomic mass is 32.2. The van der Waals surface area contributed by atoms with E-state index in [0.29, 0.717) is 16.7 Å². The summed E-state index contributed by atoms with van der Waals surface area (Å²) < 4.78 is 44.2. The molecule has 3 nitrogen and oxygen atoms in total. The predicted molar refractivity (Wildman–Crippen MR) is 93.5 cm³/mol. The van der Waals surface area contributed by atoms with Crippen LogP contribution in [0.5, 0.6) is 0 Å². The van der Waals surface area contributed by atoms with Gasteiger partial charge in [-0.25, -0.2) is 12.8 Å².